The first kappa shape index (κ1) is 16.0. The van der Waals surface area contributed by atoms with Gasteiger partial charge in [-0.2, -0.15) is 0 Å². The molecule has 21 heavy (non-hydrogen) atoms. The average molecular weight is 371 g/mol. The van der Waals surface area contributed by atoms with Gasteiger partial charge in [-0.25, -0.2) is 13.1 Å². The van der Waals surface area contributed by atoms with E-state index in [9.17, 15) is 8.42 Å². The van der Waals surface area contributed by atoms with E-state index in [1.165, 1.54) is 6.07 Å². The highest BCUT2D eigenvalue weighted by molar-refractivity contribution is 9.10. The predicted octanol–water partition coefficient (Wildman–Crippen LogP) is 2.00. The van der Waals surface area contributed by atoms with Gasteiger partial charge < -0.3 is 10.8 Å². The maximum Gasteiger partial charge on any atom is 0.242 e. The average Bonchev–Trinajstić information content (AvgIpc) is 2.45. The molecule has 0 radical (unpaired) electrons. The van der Waals surface area contributed by atoms with E-state index in [2.05, 4.69) is 20.7 Å². The van der Waals surface area contributed by atoms with Crippen LogP contribution in [0.5, 0.6) is 0 Å². The fourth-order valence-electron chi connectivity index (χ4n) is 1.86. The molecular weight excluding hydrogens is 356 g/mol. The number of halogens is 1. The van der Waals surface area contributed by atoms with Crippen LogP contribution in [-0.2, 0) is 23.2 Å². The number of nitrogen functional groups attached to an aromatic ring is 1. The van der Waals surface area contributed by atoms with Crippen molar-refractivity contribution in [3.8, 4) is 0 Å². The fourth-order valence-corrected chi connectivity index (χ4v) is 3.37. The summed E-state index contributed by atoms with van der Waals surface area (Å²) in [6, 6.07) is 11.7. The second-order valence-electron chi connectivity index (χ2n) is 4.48. The van der Waals surface area contributed by atoms with Gasteiger partial charge in [-0.15, -0.1) is 0 Å². The van der Waals surface area contributed by atoms with E-state index in [0.717, 1.165) is 15.6 Å². The molecular formula is C14H15BrN2O3S. The first-order valence-corrected chi connectivity index (χ1v) is 8.43. The number of nitrogens with two attached hydrogens (primary N) is 1. The summed E-state index contributed by atoms with van der Waals surface area (Å²) in [5.74, 6) is 0. The number of rotatable bonds is 5. The van der Waals surface area contributed by atoms with E-state index in [1.807, 2.05) is 0 Å². The lowest BCUT2D eigenvalue weighted by Gasteiger charge is -2.10. The second kappa shape index (κ2) is 6.57. The molecule has 5 nitrogen and oxygen atoms in total. The van der Waals surface area contributed by atoms with E-state index >= 15 is 0 Å². The number of sulfonamides is 1. The summed E-state index contributed by atoms with van der Waals surface area (Å²) in [6.45, 7) is 0.0475. The quantitative estimate of drug-likeness (QED) is 0.701. The Labute approximate surface area is 132 Å². The van der Waals surface area contributed by atoms with Crippen LogP contribution in [0.25, 0.3) is 0 Å². The topological polar surface area (TPSA) is 92.4 Å². The Balaban J connectivity index is 2.17. The van der Waals surface area contributed by atoms with Crippen molar-refractivity contribution in [2.75, 3.05) is 5.73 Å². The van der Waals surface area contributed by atoms with Crippen molar-refractivity contribution in [2.24, 2.45) is 0 Å². The van der Waals surface area contributed by atoms with Crippen LogP contribution < -0.4 is 10.5 Å². The zero-order valence-electron chi connectivity index (χ0n) is 11.1. The van der Waals surface area contributed by atoms with Crippen LogP contribution in [0.1, 0.15) is 11.1 Å². The minimum atomic E-state index is -3.68. The summed E-state index contributed by atoms with van der Waals surface area (Å²) in [4.78, 5) is 0.0454. The third-order valence-corrected chi connectivity index (χ3v) is 4.87. The molecule has 2 aromatic carbocycles. The molecule has 0 saturated heterocycles. The molecule has 0 amide bonds. The van der Waals surface area contributed by atoms with Crippen LogP contribution >= 0.6 is 15.9 Å². The van der Waals surface area contributed by atoms with Crippen LogP contribution in [0.3, 0.4) is 0 Å². The summed E-state index contributed by atoms with van der Waals surface area (Å²) < 4.78 is 27.7. The number of aliphatic hydroxyl groups excluding tert-OH is 1. The van der Waals surface area contributed by atoms with Gasteiger partial charge in [0.2, 0.25) is 10.0 Å². The van der Waals surface area contributed by atoms with E-state index in [1.54, 1.807) is 36.4 Å². The lowest BCUT2D eigenvalue weighted by atomic mass is 10.1. The van der Waals surface area contributed by atoms with Gasteiger partial charge in [0.1, 0.15) is 4.90 Å². The second-order valence-corrected chi connectivity index (χ2v) is 7.14. The Hall–Kier alpha value is -1.41. The largest absolute Gasteiger partial charge is 0.398 e. The maximum absolute atomic E-state index is 12.2. The molecule has 0 bridgehead atoms. The van der Waals surface area contributed by atoms with Crippen LogP contribution in [0.2, 0.25) is 0 Å². The minimum absolute atomic E-state index is 0.0454. The first-order chi connectivity index (χ1) is 9.92. The van der Waals surface area contributed by atoms with Crippen molar-refractivity contribution in [2.45, 2.75) is 18.0 Å². The number of nitrogens with one attached hydrogen (secondary N) is 1. The Morgan fingerprint density at radius 2 is 1.86 bits per heavy atom. The van der Waals surface area contributed by atoms with Gasteiger partial charge >= 0.3 is 0 Å². The number of benzene rings is 2. The highest BCUT2D eigenvalue weighted by Gasteiger charge is 2.17. The summed E-state index contributed by atoms with van der Waals surface area (Å²) >= 11 is 3.24. The van der Waals surface area contributed by atoms with Crippen molar-refractivity contribution in [1.29, 1.82) is 0 Å². The summed E-state index contributed by atoms with van der Waals surface area (Å²) in [7, 11) is -3.68. The molecule has 0 aliphatic rings. The standard InChI is InChI=1S/C14H15BrN2O3S/c15-12-4-5-14(13(16)7-12)21(19,20)17-8-10-2-1-3-11(6-10)9-18/h1-7,17-18H,8-9,16H2. The lowest BCUT2D eigenvalue weighted by Crippen LogP contribution is -2.24. The van der Waals surface area contributed by atoms with Gasteiger partial charge in [0, 0.05) is 11.0 Å². The van der Waals surface area contributed by atoms with Crippen molar-refractivity contribution in [1.82, 2.24) is 4.72 Å². The zero-order chi connectivity index (χ0) is 15.5. The fraction of sp³-hybridized carbons (Fsp3) is 0.143. The third kappa shape index (κ3) is 4.04. The van der Waals surface area contributed by atoms with Crippen molar-refractivity contribution >= 4 is 31.6 Å². The predicted molar refractivity (Wildman–Crippen MR) is 84.9 cm³/mol. The molecule has 0 fully saturated rings. The van der Waals surface area contributed by atoms with Gasteiger partial charge in [-0.3, -0.25) is 0 Å². The number of anilines is 1. The lowest BCUT2D eigenvalue weighted by molar-refractivity contribution is 0.281. The molecule has 2 aromatic rings. The summed E-state index contributed by atoms with van der Waals surface area (Å²) in [6.07, 6.45) is 0. The highest BCUT2D eigenvalue weighted by Crippen LogP contribution is 2.22. The van der Waals surface area contributed by atoms with Crippen molar-refractivity contribution in [3.05, 3.63) is 58.1 Å². The van der Waals surface area contributed by atoms with Crippen molar-refractivity contribution in [3.63, 3.8) is 0 Å². The first-order valence-electron chi connectivity index (χ1n) is 6.16. The van der Waals surface area contributed by atoms with Crippen LogP contribution in [0.15, 0.2) is 51.8 Å². The Morgan fingerprint density at radius 3 is 2.52 bits per heavy atom. The highest BCUT2D eigenvalue weighted by atomic mass is 79.9. The Bertz CT molecular complexity index is 748. The molecule has 0 aliphatic heterocycles. The summed E-state index contributed by atoms with van der Waals surface area (Å²) in [5, 5.41) is 9.07. The summed E-state index contributed by atoms with van der Waals surface area (Å²) in [5.41, 5.74) is 7.42. The molecule has 0 aromatic heterocycles. The molecule has 2 rings (SSSR count). The number of hydrogen-bond acceptors (Lipinski definition) is 4. The van der Waals surface area contributed by atoms with Crippen LogP contribution in [-0.4, -0.2) is 13.5 Å². The van der Waals surface area contributed by atoms with E-state index in [-0.39, 0.29) is 23.7 Å². The molecule has 7 heteroatoms. The van der Waals surface area contributed by atoms with Gasteiger partial charge in [0.05, 0.1) is 12.3 Å². The Morgan fingerprint density at radius 1 is 1.14 bits per heavy atom. The molecule has 0 spiro atoms. The smallest absolute Gasteiger partial charge is 0.242 e. The van der Waals surface area contributed by atoms with E-state index in [0.29, 0.717) is 0 Å². The Kier molecular flexibility index (Phi) is 5.00. The van der Waals surface area contributed by atoms with Gasteiger partial charge in [-0.1, -0.05) is 40.2 Å². The van der Waals surface area contributed by atoms with Crippen LogP contribution in [0.4, 0.5) is 5.69 Å². The number of aliphatic hydroxyl groups is 1. The van der Waals surface area contributed by atoms with Gasteiger partial charge in [0.15, 0.2) is 0 Å². The SMILES string of the molecule is Nc1cc(Br)ccc1S(=O)(=O)NCc1cccc(CO)c1. The molecule has 0 heterocycles. The van der Waals surface area contributed by atoms with Crippen LogP contribution in [0, 0.1) is 0 Å². The molecule has 112 valence electrons. The third-order valence-electron chi connectivity index (χ3n) is 2.90. The van der Waals surface area contributed by atoms with Gasteiger partial charge in [0.25, 0.3) is 0 Å². The molecule has 0 aliphatic carbocycles. The minimum Gasteiger partial charge on any atom is -0.398 e. The van der Waals surface area contributed by atoms with Crippen molar-refractivity contribution < 1.29 is 13.5 Å². The zero-order valence-corrected chi connectivity index (χ0v) is 13.5. The molecule has 0 saturated carbocycles. The maximum atomic E-state index is 12.2. The molecule has 4 N–H and O–H groups in total. The normalized spacial score (nSPS) is 11.5. The molecule has 0 unspecified atom stereocenters. The number of hydrogen-bond donors (Lipinski definition) is 3. The monoisotopic (exact) mass is 370 g/mol. The molecule has 0 atom stereocenters. The van der Waals surface area contributed by atoms with E-state index in [4.69, 9.17) is 10.8 Å². The van der Waals surface area contributed by atoms with Gasteiger partial charge in [-0.05, 0) is 29.3 Å². The van der Waals surface area contributed by atoms with E-state index < -0.39 is 10.0 Å².